The van der Waals surface area contributed by atoms with Gasteiger partial charge in [0.2, 0.25) is 0 Å². The molecule has 0 amide bonds. The van der Waals surface area contributed by atoms with E-state index in [1.54, 1.807) is 0 Å². The predicted octanol–water partition coefficient (Wildman–Crippen LogP) is 4.10. The molecule has 1 aromatic rings. The molecule has 3 rings (SSSR count). The lowest BCUT2D eigenvalue weighted by Crippen LogP contribution is -2.34. The van der Waals surface area contributed by atoms with Gasteiger partial charge in [-0.1, -0.05) is 42.5 Å². The van der Waals surface area contributed by atoms with Crippen molar-refractivity contribution in [2.75, 3.05) is 13.1 Å². The molecule has 4 heteroatoms. The molecular weight excluding hydrogens is 330 g/mol. The van der Waals surface area contributed by atoms with E-state index in [4.69, 9.17) is 17.0 Å². The van der Waals surface area contributed by atoms with E-state index in [2.05, 4.69) is 41.3 Å². The lowest BCUT2D eigenvalue weighted by Gasteiger charge is -2.29. The Morgan fingerprint density at radius 3 is 2.64 bits per heavy atom. The van der Waals surface area contributed by atoms with Crippen molar-refractivity contribution in [2.24, 2.45) is 5.92 Å². The smallest absolute Gasteiger partial charge is 0.259 e. The Labute approximate surface area is 156 Å². The Kier molecular flexibility index (Phi) is 6.88. The standard InChI is InChI=1S/C21H29NO2S/c23-19-10-6-9-18(12-13-19)20(14-11-17-7-2-1-3-8-17)24-21(25)22-15-4-5-16-22/h1-3,7-8,12-13,18-20,23H,4-6,9-11,14-16H2. The van der Waals surface area contributed by atoms with E-state index in [0.717, 1.165) is 45.2 Å². The molecule has 1 aliphatic carbocycles. The summed E-state index contributed by atoms with van der Waals surface area (Å²) in [6.07, 6.45) is 11.1. The second-order valence-corrected chi connectivity index (χ2v) is 7.54. The van der Waals surface area contributed by atoms with Crippen molar-refractivity contribution in [3.8, 4) is 0 Å². The molecule has 3 atom stereocenters. The van der Waals surface area contributed by atoms with Gasteiger partial charge >= 0.3 is 0 Å². The topological polar surface area (TPSA) is 32.7 Å². The van der Waals surface area contributed by atoms with Crippen LogP contribution < -0.4 is 0 Å². The van der Waals surface area contributed by atoms with Crippen molar-refractivity contribution in [3.63, 3.8) is 0 Å². The number of nitrogens with zero attached hydrogens (tertiary/aromatic N) is 1. The predicted molar refractivity (Wildman–Crippen MR) is 106 cm³/mol. The molecular formula is C21H29NO2S. The van der Waals surface area contributed by atoms with Gasteiger partial charge in [0.15, 0.2) is 0 Å². The Balaban J connectivity index is 1.65. The van der Waals surface area contributed by atoms with Crippen LogP contribution in [0.15, 0.2) is 42.5 Å². The number of thiocarbonyl (C=S) groups is 1. The average molecular weight is 360 g/mol. The highest BCUT2D eigenvalue weighted by Crippen LogP contribution is 2.26. The third-order valence-corrected chi connectivity index (χ3v) is 5.63. The summed E-state index contributed by atoms with van der Waals surface area (Å²) in [6, 6.07) is 10.6. The van der Waals surface area contributed by atoms with E-state index in [9.17, 15) is 5.11 Å². The molecule has 3 unspecified atom stereocenters. The van der Waals surface area contributed by atoms with Crippen LogP contribution >= 0.6 is 12.2 Å². The highest BCUT2D eigenvalue weighted by atomic mass is 32.1. The van der Waals surface area contributed by atoms with Gasteiger partial charge in [0.25, 0.3) is 5.17 Å². The van der Waals surface area contributed by atoms with Crippen molar-refractivity contribution >= 4 is 17.4 Å². The summed E-state index contributed by atoms with van der Waals surface area (Å²) in [5.41, 5.74) is 1.33. The monoisotopic (exact) mass is 359 g/mol. The van der Waals surface area contributed by atoms with Crippen LogP contribution in [0.1, 0.15) is 44.1 Å². The second-order valence-electron chi connectivity index (χ2n) is 7.19. The fourth-order valence-corrected chi connectivity index (χ4v) is 4.06. The zero-order valence-electron chi connectivity index (χ0n) is 14.8. The number of ether oxygens (including phenoxy) is 1. The van der Waals surface area contributed by atoms with Crippen LogP contribution in [0.3, 0.4) is 0 Å². The van der Waals surface area contributed by atoms with Gasteiger partial charge in [-0.3, -0.25) is 0 Å². The summed E-state index contributed by atoms with van der Waals surface area (Å²) in [5, 5.41) is 10.6. The SMILES string of the molecule is OC1C=CC(C(CCc2ccccc2)OC(=S)N2CCCC2)CCC1. The van der Waals surface area contributed by atoms with Crippen LogP contribution in [0.5, 0.6) is 0 Å². The number of hydrogen-bond acceptors (Lipinski definition) is 3. The summed E-state index contributed by atoms with van der Waals surface area (Å²) < 4.78 is 6.31. The minimum absolute atomic E-state index is 0.0786. The fraction of sp³-hybridized carbons (Fsp3) is 0.571. The first-order chi connectivity index (χ1) is 12.2. The number of benzene rings is 1. The molecule has 0 spiro atoms. The van der Waals surface area contributed by atoms with Gasteiger partial charge < -0.3 is 14.7 Å². The van der Waals surface area contributed by atoms with Crippen LogP contribution in [0.4, 0.5) is 0 Å². The quantitative estimate of drug-likeness (QED) is 0.634. The maximum Gasteiger partial charge on any atom is 0.259 e. The highest BCUT2D eigenvalue weighted by Gasteiger charge is 2.26. The number of aliphatic hydroxyl groups is 1. The first-order valence-corrected chi connectivity index (χ1v) is 9.99. The minimum Gasteiger partial charge on any atom is -0.467 e. The largest absolute Gasteiger partial charge is 0.467 e. The third kappa shape index (κ3) is 5.55. The molecule has 1 N–H and O–H groups in total. The van der Waals surface area contributed by atoms with Crippen LogP contribution in [0.25, 0.3) is 0 Å². The molecule has 25 heavy (non-hydrogen) atoms. The first-order valence-electron chi connectivity index (χ1n) is 9.58. The number of rotatable bonds is 5. The van der Waals surface area contributed by atoms with E-state index >= 15 is 0 Å². The summed E-state index contributed by atoms with van der Waals surface area (Å²) >= 11 is 5.58. The summed E-state index contributed by atoms with van der Waals surface area (Å²) in [7, 11) is 0. The van der Waals surface area contributed by atoms with Crippen molar-refractivity contribution in [3.05, 3.63) is 48.0 Å². The average Bonchev–Trinajstić information content (AvgIpc) is 3.09. The normalized spacial score (nSPS) is 24.8. The zero-order valence-corrected chi connectivity index (χ0v) is 15.7. The Hall–Kier alpha value is -1.39. The maximum atomic E-state index is 9.89. The van der Waals surface area contributed by atoms with E-state index in [1.165, 1.54) is 18.4 Å². The third-order valence-electron chi connectivity index (χ3n) is 5.27. The molecule has 0 saturated carbocycles. The van der Waals surface area contributed by atoms with E-state index in [1.807, 2.05) is 6.08 Å². The summed E-state index contributed by atoms with van der Waals surface area (Å²) in [4.78, 5) is 2.19. The Morgan fingerprint density at radius 1 is 1.12 bits per heavy atom. The van der Waals surface area contributed by atoms with Gasteiger partial charge in [-0.05, 0) is 62.7 Å². The lowest BCUT2D eigenvalue weighted by molar-refractivity contribution is 0.111. The van der Waals surface area contributed by atoms with Gasteiger partial charge in [0, 0.05) is 19.0 Å². The second kappa shape index (κ2) is 9.35. The number of likely N-dealkylation sites (tertiary alicyclic amines) is 1. The molecule has 0 aromatic heterocycles. The van der Waals surface area contributed by atoms with Crippen molar-refractivity contribution in [1.82, 2.24) is 4.90 Å². The van der Waals surface area contributed by atoms with Gasteiger partial charge in [-0.15, -0.1) is 0 Å². The minimum atomic E-state index is -0.315. The number of aliphatic hydroxyl groups excluding tert-OH is 1. The number of hydrogen-bond donors (Lipinski definition) is 1. The molecule has 1 saturated heterocycles. The van der Waals surface area contributed by atoms with E-state index in [-0.39, 0.29) is 12.2 Å². The molecule has 1 aliphatic heterocycles. The molecule has 1 aromatic carbocycles. The Bertz CT molecular complexity index is 569. The molecule has 0 radical (unpaired) electrons. The van der Waals surface area contributed by atoms with Gasteiger partial charge in [-0.2, -0.15) is 0 Å². The Morgan fingerprint density at radius 2 is 1.88 bits per heavy atom. The van der Waals surface area contributed by atoms with E-state index < -0.39 is 0 Å². The molecule has 3 nitrogen and oxygen atoms in total. The van der Waals surface area contributed by atoms with Crippen LogP contribution in [0.2, 0.25) is 0 Å². The maximum absolute atomic E-state index is 9.89. The molecule has 0 bridgehead atoms. The van der Waals surface area contributed by atoms with Gasteiger partial charge in [0.05, 0.1) is 6.10 Å². The zero-order chi connectivity index (χ0) is 17.5. The van der Waals surface area contributed by atoms with Gasteiger partial charge in [0.1, 0.15) is 6.10 Å². The summed E-state index contributed by atoms with van der Waals surface area (Å²) in [5.74, 6) is 0.321. The summed E-state index contributed by atoms with van der Waals surface area (Å²) in [6.45, 7) is 2.03. The number of aryl methyl sites for hydroxylation is 1. The molecule has 2 aliphatic rings. The van der Waals surface area contributed by atoms with Crippen LogP contribution in [0, 0.1) is 5.92 Å². The van der Waals surface area contributed by atoms with Crippen molar-refractivity contribution in [1.29, 1.82) is 0 Å². The van der Waals surface area contributed by atoms with Crippen molar-refractivity contribution < 1.29 is 9.84 Å². The highest BCUT2D eigenvalue weighted by molar-refractivity contribution is 7.80. The first kappa shape index (κ1) is 18.4. The van der Waals surface area contributed by atoms with Gasteiger partial charge in [-0.25, -0.2) is 0 Å². The molecule has 136 valence electrons. The molecule has 1 fully saturated rings. The van der Waals surface area contributed by atoms with Crippen LogP contribution in [-0.4, -0.2) is 40.5 Å². The lowest BCUT2D eigenvalue weighted by atomic mass is 9.92. The van der Waals surface area contributed by atoms with Crippen molar-refractivity contribution in [2.45, 2.75) is 57.2 Å². The fourth-order valence-electron chi connectivity index (χ4n) is 3.75. The van der Waals surface area contributed by atoms with E-state index in [0.29, 0.717) is 11.1 Å². The molecule has 1 heterocycles. The van der Waals surface area contributed by atoms with Crippen LogP contribution in [-0.2, 0) is 11.2 Å².